The van der Waals surface area contributed by atoms with Crippen molar-refractivity contribution in [2.24, 2.45) is 0 Å². The molecule has 2 atom stereocenters. The largest absolute Gasteiger partial charge is 0.503 e. The van der Waals surface area contributed by atoms with Crippen molar-refractivity contribution in [1.82, 2.24) is 14.8 Å². The van der Waals surface area contributed by atoms with Gasteiger partial charge in [0.2, 0.25) is 5.43 Å². The lowest BCUT2D eigenvalue weighted by Crippen LogP contribution is -2.57. The Morgan fingerprint density at radius 3 is 2.90 bits per heavy atom. The van der Waals surface area contributed by atoms with E-state index in [1.54, 1.807) is 6.92 Å². The van der Waals surface area contributed by atoms with E-state index in [0.717, 1.165) is 18.3 Å². The number of carbonyl (C=O) groups excluding carboxylic acids is 2. The highest BCUT2D eigenvalue weighted by atomic mass is 19.1. The van der Waals surface area contributed by atoms with Crippen LogP contribution in [0.5, 0.6) is 5.75 Å². The quantitative estimate of drug-likeness (QED) is 0.781. The lowest BCUT2D eigenvalue weighted by molar-refractivity contribution is -0.112. The van der Waals surface area contributed by atoms with Crippen molar-refractivity contribution in [2.75, 3.05) is 6.61 Å². The van der Waals surface area contributed by atoms with Crippen LogP contribution < -0.4 is 10.7 Å². The summed E-state index contributed by atoms with van der Waals surface area (Å²) < 4.78 is 42.0. The lowest BCUT2D eigenvalue weighted by atomic mass is 10.1. The van der Waals surface area contributed by atoms with Gasteiger partial charge in [-0.3, -0.25) is 14.4 Å². The molecule has 1 saturated heterocycles. The Bertz CT molecular complexity index is 1150. The third kappa shape index (κ3) is 3.32. The fourth-order valence-corrected chi connectivity index (χ4v) is 3.62. The molecule has 10 heteroatoms. The van der Waals surface area contributed by atoms with Crippen molar-refractivity contribution in [3.05, 3.63) is 63.1 Å². The number of aromatic nitrogens is 1. The zero-order valence-corrected chi connectivity index (χ0v) is 15.9. The SMILES string of the molecule is [2H][C@@]1(C)CCO[C@H]2Cn3cc(C(=O)NCc4ccc(F)cc4F)c(=O)c(O)c3C(=O)N21. The number of amides is 2. The molecule has 1 aromatic heterocycles. The van der Waals surface area contributed by atoms with Gasteiger partial charge in [-0.1, -0.05) is 6.07 Å². The first-order chi connectivity index (χ1) is 14.6. The average molecular weight is 420 g/mol. The summed E-state index contributed by atoms with van der Waals surface area (Å²) in [6.45, 7) is 1.49. The molecule has 2 aromatic rings. The zero-order chi connectivity index (χ0) is 22.5. The summed E-state index contributed by atoms with van der Waals surface area (Å²) in [5.41, 5.74) is -1.84. The summed E-state index contributed by atoms with van der Waals surface area (Å²) in [4.78, 5) is 39.2. The Balaban J connectivity index is 1.64. The number of aromatic hydroxyl groups is 1. The van der Waals surface area contributed by atoms with Crippen LogP contribution in [-0.2, 0) is 17.8 Å². The molecule has 1 fully saturated rings. The van der Waals surface area contributed by atoms with Gasteiger partial charge in [-0.05, 0) is 19.4 Å². The molecule has 0 unspecified atom stereocenters. The number of nitrogens with zero attached hydrogens (tertiary/aromatic N) is 2. The van der Waals surface area contributed by atoms with Gasteiger partial charge in [0.1, 0.15) is 17.2 Å². The van der Waals surface area contributed by atoms with Crippen LogP contribution in [0.15, 0.2) is 29.2 Å². The Morgan fingerprint density at radius 2 is 2.17 bits per heavy atom. The van der Waals surface area contributed by atoms with Crippen LogP contribution in [0.4, 0.5) is 8.78 Å². The van der Waals surface area contributed by atoms with E-state index in [-0.39, 0.29) is 37.4 Å². The Kier molecular flexibility index (Phi) is 4.70. The number of fused-ring (bicyclic) bond motifs is 2. The first-order valence-electron chi connectivity index (χ1n) is 9.74. The van der Waals surface area contributed by atoms with Gasteiger partial charge < -0.3 is 24.6 Å². The molecule has 30 heavy (non-hydrogen) atoms. The molecule has 0 radical (unpaired) electrons. The van der Waals surface area contributed by atoms with Crippen molar-refractivity contribution in [1.29, 1.82) is 0 Å². The number of rotatable bonds is 3. The van der Waals surface area contributed by atoms with Crippen LogP contribution in [0.2, 0.25) is 0 Å². The molecule has 2 aliphatic heterocycles. The van der Waals surface area contributed by atoms with Gasteiger partial charge in [0.25, 0.3) is 11.8 Å². The topological polar surface area (TPSA) is 101 Å². The van der Waals surface area contributed by atoms with E-state index >= 15 is 0 Å². The molecule has 4 rings (SSSR count). The first-order valence-corrected chi connectivity index (χ1v) is 9.24. The highest BCUT2D eigenvalue weighted by Crippen LogP contribution is 2.29. The minimum atomic E-state index is -1.27. The second kappa shape index (κ2) is 7.52. The molecule has 0 spiro atoms. The molecule has 8 nitrogen and oxygen atoms in total. The molecular formula is C20H19F2N3O5. The monoisotopic (exact) mass is 420 g/mol. The van der Waals surface area contributed by atoms with E-state index < -0.39 is 52.4 Å². The number of ether oxygens (including phenoxy) is 1. The van der Waals surface area contributed by atoms with E-state index in [4.69, 9.17) is 6.11 Å². The number of benzene rings is 1. The zero-order valence-electron chi connectivity index (χ0n) is 16.9. The van der Waals surface area contributed by atoms with Crippen LogP contribution in [-0.4, -0.2) is 45.2 Å². The molecule has 3 heterocycles. The van der Waals surface area contributed by atoms with E-state index in [2.05, 4.69) is 5.32 Å². The summed E-state index contributed by atoms with van der Waals surface area (Å²) in [7, 11) is 0. The molecule has 2 aliphatic rings. The minimum Gasteiger partial charge on any atom is -0.503 e. The number of halogens is 2. The third-order valence-electron chi connectivity index (χ3n) is 5.20. The fourth-order valence-electron chi connectivity index (χ4n) is 3.62. The number of nitrogens with one attached hydrogen (secondary N) is 1. The predicted octanol–water partition coefficient (Wildman–Crippen LogP) is 1.35. The van der Waals surface area contributed by atoms with Gasteiger partial charge in [0.05, 0.1) is 14.5 Å². The van der Waals surface area contributed by atoms with Gasteiger partial charge in [-0.15, -0.1) is 0 Å². The lowest BCUT2D eigenvalue weighted by Gasteiger charge is -2.44. The number of carbonyl (C=O) groups is 2. The maximum Gasteiger partial charge on any atom is 0.276 e. The summed E-state index contributed by atoms with van der Waals surface area (Å²) in [6, 6.07) is 1.59. The average Bonchev–Trinajstić information content (AvgIpc) is 2.69. The van der Waals surface area contributed by atoms with Crippen LogP contribution in [0, 0.1) is 11.6 Å². The summed E-state index contributed by atoms with van der Waals surface area (Å²) in [6.07, 6.45) is 0.602. The number of hydrogen-bond acceptors (Lipinski definition) is 5. The molecule has 2 amide bonds. The highest BCUT2D eigenvalue weighted by molar-refractivity contribution is 5.99. The van der Waals surface area contributed by atoms with E-state index in [0.29, 0.717) is 6.07 Å². The van der Waals surface area contributed by atoms with Crippen LogP contribution in [0.1, 0.15) is 41.1 Å². The highest BCUT2D eigenvalue weighted by Gasteiger charge is 2.41. The third-order valence-corrected chi connectivity index (χ3v) is 5.20. The van der Waals surface area contributed by atoms with E-state index in [1.165, 1.54) is 9.47 Å². The standard InChI is InChI=1S/C20H19F2N3O5/c1-10-4-5-30-15-9-24-8-13(17(26)18(27)16(24)20(29)25(10)15)19(28)23-7-11-2-3-12(21)6-14(11)22/h2-3,6,8,10,15,27H,4-5,7,9H2,1H3,(H,23,28)/t10-,15+/m1/s1/i10D. The second-order valence-corrected chi connectivity index (χ2v) is 7.13. The van der Waals surface area contributed by atoms with Crippen molar-refractivity contribution in [3.63, 3.8) is 0 Å². The van der Waals surface area contributed by atoms with Crippen LogP contribution >= 0.6 is 0 Å². The molecule has 2 N–H and O–H groups in total. The van der Waals surface area contributed by atoms with Gasteiger partial charge in [0.15, 0.2) is 17.7 Å². The second-order valence-electron chi connectivity index (χ2n) is 7.13. The summed E-state index contributed by atoms with van der Waals surface area (Å²) in [5.74, 6) is -4.18. The predicted molar refractivity (Wildman–Crippen MR) is 99.9 cm³/mol. The van der Waals surface area contributed by atoms with Gasteiger partial charge >= 0.3 is 0 Å². The minimum absolute atomic E-state index is 0.00758. The summed E-state index contributed by atoms with van der Waals surface area (Å²) in [5, 5.41) is 12.7. The van der Waals surface area contributed by atoms with E-state index in [9.17, 15) is 28.3 Å². The number of pyridine rings is 1. The maximum absolute atomic E-state index is 13.8. The maximum atomic E-state index is 13.8. The van der Waals surface area contributed by atoms with Crippen molar-refractivity contribution in [2.45, 2.75) is 38.7 Å². The number of hydrogen-bond donors (Lipinski definition) is 2. The molecule has 0 aliphatic carbocycles. The van der Waals surface area contributed by atoms with Crippen LogP contribution in [0.25, 0.3) is 0 Å². The fraction of sp³-hybridized carbons (Fsp3) is 0.350. The van der Waals surface area contributed by atoms with Crippen molar-refractivity contribution >= 4 is 11.8 Å². The molecule has 0 bridgehead atoms. The summed E-state index contributed by atoms with van der Waals surface area (Å²) >= 11 is 0. The van der Waals surface area contributed by atoms with Gasteiger partial charge in [-0.25, -0.2) is 8.78 Å². The smallest absolute Gasteiger partial charge is 0.276 e. The normalized spacial score (nSPS) is 23.4. The molecule has 158 valence electrons. The first kappa shape index (κ1) is 18.7. The van der Waals surface area contributed by atoms with E-state index in [1.807, 2.05) is 0 Å². The van der Waals surface area contributed by atoms with Crippen molar-refractivity contribution in [3.8, 4) is 5.75 Å². The molecule has 0 saturated carbocycles. The van der Waals surface area contributed by atoms with Gasteiger partial charge in [-0.2, -0.15) is 0 Å². The Morgan fingerprint density at radius 1 is 1.40 bits per heavy atom. The van der Waals surface area contributed by atoms with Crippen LogP contribution in [0.3, 0.4) is 0 Å². The van der Waals surface area contributed by atoms with Gasteiger partial charge in [0, 0.05) is 30.4 Å². The molecular weight excluding hydrogens is 400 g/mol. The Labute approximate surface area is 171 Å². The van der Waals surface area contributed by atoms with Crippen molar-refractivity contribution < 1.29 is 29.6 Å². The Hall–Kier alpha value is -3.27. The molecule has 1 aromatic carbocycles.